The molecule has 0 aliphatic heterocycles. The van der Waals surface area contributed by atoms with Gasteiger partial charge < -0.3 is 20.3 Å². The van der Waals surface area contributed by atoms with Gasteiger partial charge in [0.15, 0.2) is 0 Å². The number of nitrogens with one attached hydrogen (secondary N) is 1. The Morgan fingerprint density at radius 1 is 0.329 bits per heavy atom. The summed E-state index contributed by atoms with van der Waals surface area (Å²) < 4.78 is 5.51. The molecule has 0 aliphatic rings. The van der Waals surface area contributed by atoms with Crippen LogP contribution in [-0.4, -0.2) is 47.4 Å². The molecule has 486 valence electrons. The van der Waals surface area contributed by atoms with Gasteiger partial charge in [-0.2, -0.15) is 0 Å². The Morgan fingerprint density at radius 2 is 0.573 bits per heavy atom. The number of unbranched alkanes of at least 4 members (excludes halogenated alkanes) is 58. The maximum absolute atomic E-state index is 12.5. The largest absolute Gasteiger partial charge is 0.466 e. The highest BCUT2D eigenvalue weighted by Crippen LogP contribution is 2.19. The maximum Gasteiger partial charge on any atom is 0.305 e. The van der Waals surface area contributed by atoms with E-state index < -0.39 is 12.1 Å². The molecule has 0 saturated heterocycles. The second-order valence-corrected chi connectivity index (χ2v) is 26.0. The molecule has 0 aliphatic carbocycles. The van der Waals surface area contributed by atoms with Crippen LogP contribution in [0.15, 0.2) is 24.3 Å². The first-order chi connectivity index (χ1) is 40.5. The van der Waals surface area contributed by atoms with E-state index in [0.717, 1.165) is 38.5 Å². The first-order valence-corrected chi connectivity index (χ1v) is 37.6. The predicted octanol–water partition coefficient (Wildman–Crippen LogP) is 24.5. The van der Waals surface area contributed by atoms with Crippen molar-refractivity contribution in [1.29, 1.82) is 0 Å². The molecule has 0 spiro atoms. The molecule has 0 radical (unpaired) electrons. The fourth-order valence-electron chi connectivity index (χ4n) is 12.0. The minimum absolute atomic E-state index is 0.0201. The van der Waals surface area contributed by atoms with Crippen molar-refractivity contribution in [3.8, 4) is 0 Å². The first-order valence-electron chi connectivity index (χ1n) is 37.6. The normalized spacial score (nSPS) is 12.6. The molecule has 82 heavy (non-hydrogen) atoms. The van der Waals surface area contributed by atoms with Crippen molar-refractivity contribution >= 4 is 11.9 Å². The number of esters is 1. The quantitative estimate of drug-likeness (QED) is 0.0320. The zero-order valence-corrected chi connectivity index (χ0v) is 55.8. The first kappa shape index (κ1) is 80.3. The van der Waals surface area contributed by atoms with Crippen LogP contribution < -0.4 is 5.32 Å². The number of amides is 1. The van der Waals surface area contributed by atoms with Gasteiger partial charge in [-0.1, -0.05) is 378 Å². The summed E-state index contributed by atoms with van der Waals surface area (Å²) in [5, 5.41) is 23.3. The third kappa shape index (κ3) is 67.5. The Bertz CT molecular complexity index is 1280. The molecule has 0 aromatic carbocycles. The average Bonchev–Trinajstić information content (AvgIpc) is 3.48. The highest BCUT2D eigenvalue weighted by molar-refractivity contribution is 5.76. The van der Waals surface area contributed by atoms with Crippen LogP contribution in [0, 0.1) is 0 Å². The van der Waals surface area contributed by atoms with Gasteiger partial charge >= 0.3 is 5.97 Å². The second-order valence-electron chi connectivity index (χ2n) is 26.0. The summed E-state index contributed by atoms with van der Waals surface area (Å²) in [6.45, 7) is 4.95. The van der Waals surface area contributed by atoms with Gasteiger partial charge in [-0.25, -0.2) is 0 Å². The Labute approximate surface area is 513 Å². The van der Waals surface area contributed by atoms with Crippen LogP contribution in [0.1, 0.15) is 425 Å². The van der Waals surface area contributed by atoms with Gasteiger partial charge in [0, 0.05) is 12.8 Å². The van der Waals surface area contributed by atoms with E-state index in [0.29, 0.717) is 19.4 Å². The molecular weight excluding hydrogens is 1010 g/mol. The molecule has 3 N–H and O–H groups in total. The van der Waals surface area contributed by atoms with Crippen molar-refractivity contribution in [2.45, 2.75) is 437 Å². The van der Waals surface area contributed by atoms with E-state index in [1.54, 1.807) is 6.08 Å². The van der Waals surface area contributed by atoms with Crippen LogP contribution in [0.5, 0.6) is 0 Å². The number of aliphatic hydroxyl groups excluding tert-OH is 2. The average molecular weight is 1160 g/mol. The summed E-state index contributed by atoms with van der Waals surface area (Å²) in [6.07, 6.45) is 91.3. The number of carbonyl (C=O) groups excluding carboxylic acids is 2. The van der Waals surface area contributed by atoms with Gasteiger partial charge in [-0.3, -0.25) is 9.59 Å². The van der Waals surface area contributed by atoms with Crippen LogP contribution >= 0.6 is 0 Å². The third-order valence-corrected chi connectivity index (χ3v) is 17.7. The number of aliphatic hydroxyl groups is 2. The van der Waals surface area contributed by atoms with E-state index in [2.05, 4.69) is 31.3 Å². The molecule has 0 fully saturated rings. The van der Waals surface area contributed by atoms with E-state index in [1.807, 2.05) is 6.08 Å². The Kier molecular flexibility index (Phi) is 70.4. The fourth-order valence-corrected chi connectivity index (χ4v) is 12.0. The molecule has 0 saturated carbocycles. The summed E-state index contributed by atoms with van der Waals surface area (Å²) in [4.78, 5) is 24.6. The van der Waals surface area contributed by atoms with Crippen LogP contribution in [-0.2, 0) is 14.3 Å². The molecule has 0 heterocycles. The lowest BCUT2D eigenvalue weighted by atomic mass is 10.0. The molecule has 0 aromatic heterocycles. The van der Waals surface area contributed by atoms with Crippen LogP contribution in [0.25, 0.3) is 0 Å². The van der Waals surface area contributed by atoms with E-state index >= 15 is 0 Å². The highest BCUT2D eigenvalue weighted by Gasteiger charge is 2.18. The molecule has 6 nitrogen and oxygen atoms in total. The lowest BCUT2D eigenvalue weighted by Gasteiger charge is -2.20. The molecule has 2 unspecified atom stereocenters. The van der Waals surface area contributed by atoms with Crippen molar-refractivity contribution in [1.82, 2.24) is 5.32 Å². The van der Waals surface area contributed by atoms with Crippen molar-refractivity contribution in [3.05, 3.63) is 24.3 Å². The summed E-state index contributed by atoms with van der Waals surface area (Å²) in [6, 6.07) is -0.629. The number of hydrogen-bond acceptors (Lipinski definition) is 5. The maximum atomic E-state index is 12.5. The van der Waals surface area contributed by atoms with Crippen molar-refractivity contribution in [3.63, 3.8) is 0 Å². The summed E-state index contributed by atoms with van der Waals surface area (Å²) in [5.74, 6) is -0.0445. The molecule has 6 heteroatoms. The number of allylic oxidation sites excluding steroid dienone is 3. The van der Waals surface area contributed by atoms with Crippen LogP contribution in [0.2, 0.25) is 0 Å². The zero-order valence-electron chi connectivity index (χ0n) is 55.8. The van der Waals surface area contributed by atoms with Crippen molar-refractivity contribution in [2.24, 2.45) is 0 Å². The third-order valence-electron chi connectivity index (χ3n) is 17.7. The van der Waals surface area contributed by atoms with E-state index in [4.69, 9.17) is 4.74 Å². The second kappa shape index (κ2) is 71.8. The minimum atomic E-state index is -0.846. The standard InChI is InChI=1S/C76H147NO5/c1-3-5-7-9-11-13-15-17-19-21-23-33-36-40-44-48-52-56-60-64-68-74(79)73(72-78)77-75(80)69-65-61-57-53-49-45-41-37-34-31-29-27-25-24-26-28-30-32-35-39-43-47-51-55-59-63-67-71-82-76(81)70-66-62-58-54-50-46-42-38-22-20-18-16-14-12-10-8-6-4-2/h24-25,64,68,73-74,78-79H,3-23,26-63,65-67,69-72H2,1-2H3,(H,77,80)/b25-24-,68-64+. The molecule has 0 rings (SSSR count). The lowest BCUT2D eigenvalue weighted by Crippen LogP contribution is -2.45. The smallest absolute Gasteiger partial charge is 0.305 e. The van der Waals surface area contributed by atoms with Gasteiger partial charge in [-0.15, -0.1) is 0 Å². The number of ether oxygens (including phenoxy) is 1. The molecular formula is C76H147NO5. The Balaban J connectivity index is 3.39. The SMILES string of the molecule is CCCCCCCCCCCCCCCCCCCC/C=C/C(O)C(CO)NC(=O)CCCCCCCCCCCCC/C=C\CCCCCCCCCCCCCCOC(=O)CCCCCCCCCCCCCCCCCCCC. The summed E-state index contributed by atoms with van der Waals surface area (Å²) in [5.41, 5.74) is 0. The number of hydrogen-bond donors (Lipinski definition) is 3. The van der Waals surface area contributed by atoms with Gasteiger partial charge in [0.25, 0.3) is 0 Å². The van der Waals surface area contributed by atoms with E-state index in [-0.39, 0.29) is 18.5 Å². The minimum Gasteiger partial charge on any atom is -0.466 e. The molecule has 2 atom stereocenters. The summed E-state index contributed by atoms with van der Waals surface area (Å²) in [7, 11) is 0. The van der Waals surface area contributed by atoms with Crippen molar-refractivity contribution in [2.75, 3.05) is 13.2 Å². The van der Waals surface area contributed by atoms with Gasteiger partial charge in [0.2, 0.25) is 5.91 Å². The zero-order chi connectivity index (χ0) is 59.2. The van der Waals surface area contributed by atoms with Crippen LogP contribution in [0.3, 0.4) is 0 Å². The monoisotopic (exact) mass is 1150 g/mol. The molecule has 1 amide bonds. The van der Waals surface area contributed by atoms with Crippen molar-refractivity contribution < 1.29 is 24.5 Å². The van der Waals surface area contributed by atoms with Gasteiger partial charge in [0.1, 0.15) is 0 Å². The number of carbonyl (C=O) groups is 2. The molecule has 0 bridgehead atoms. The topological polar surface area (TPSA) is 95.9 Å². The number of rotatable bonds is 71. The fraction of sp³-hybridized carbons (Fsp3) is 0.921. The predicted molar refractivity (Wildman–Crippen MR) is 361 cm³/mol. The Hall–Kier alpha value is -1.66. The Morgan fingerprint density at radius 3 is 0.866 bits per heavy atom. The van der Waals surface area contributed by atoms with Crippen LogP contribution in [0.4, 0.5) is 0 Å². The van der Waals surface area contributed by atoms with Gasteiger partial charge in [-0.05, 0) is 57.8 Å². The van der Waals surface area contributed by atoms with E-state index in [9.17, 15) is 19.8 Å². The lowest BCUT2D eigenvalue weighted by molar-refractivity contribution is -0.143. The highest BCUT2D eigenvalue weighted by atomic mass is 16.5. The van der Waals surface area contributed by atoms with Gasteiger partial charge in [0.05, 0.1) is 25.4 Å². The summed E-state index contributed by atoms with van der Waals surface area (Å²) >= 11 is 0. The van der Waals surface area contributed by atoms with E-state index in [1.165, 1.54) is 360 Å². The molecule has 0 aromatic rings.